The summed E-state index contributed by atoms with van der Waals surface area (Å²) in [6.07, 6.45) is 0. The van der Waals surface area contributed by atoms with Crippen molar-refractivity contribution < 1.29 is 0 Å². The molecule has 2 aromatic rings. The first-order valence-corrected chi connectivity index (χ1v) is 6.35. The number of hydrogen-bond donors (Lipinski definition) is 1. The molecular weight excluding hydrogens is 222 g/mol. The van der Waals surface area contributed by atoms with Crippen molar-refractivity contribution in [2.75, 3.05) is 7.05 Å². The predicted octanol–water partition coefficient (Wildman–Crippen LogP) is 3.08. The van der Waals surface area contributed by atoms with Crippen LogP contribution in [0.4, 0.5) is 0 Å². The topological polar surface area (TPSA) is 29.9 Å². The normalized spacial score (nSPS) is 12.7. The van der Waals surface area contributed by atoms with E-state index in [0.717, 1.165) is 11.4 Å². The van der Waals surface area contributed by atoms with Crippen LogP contribution >= 0.6 is 0 Å². The van der Waals surface area contributed by atoms with E-state index in [0.29, 0.717) is 6.04 Å². The molecule has 0 aliphatic carbocycles. The molecule has 0 fully saturated rings. The molecule has 0 radical (unpaired) electrons. The number of aromatic nitrogens is 2. The minimum absolute atomic E-state index is 0.311. The zero-order valence-electron chi connectivity index (χ0n) is 11.8. The Labute approximate surface area is 109 Å². The number of nitrogens with zero attached hydrogens (tertiary/aromatic N) is 2. The van der Waals surface area contributed by atoms with E-state index in [9.17, 15) is 0 Å². The molecule has 1 heterocycles. The second kappa shape index (κ2) is 4.94. The molecule has 2 rings (SSSR count). The molecular formula is C15H21N3. The molecule has 0 bridgehead atoms. The van der Waals surface area contributed by atoms with Crippen molar-refractivity contribution in [2.45, 2.75) is 33.7 Å². The molecule has 1 unspecified atom stereocenters. The Morgan fingerprint density at radius 1 is 1.17 bits per heavy atom. The van der Waals surface area contributed by atoms with E-state index in [1.807, 2.05) is 11.7 Å². The number of aryl methyl sites for hydroxylation is 1. The van der Waals surface area contributed by atoms with Crippen molar-refractivity contribution in [1.29, 1.82) is 0 Å². The highest BCUT2D eigenvalue weighted by Crippen LogP contribution is 2.24. The number of benzene rings is 1. The zero-order chi connectivity index (χ0) is 13.3. The predicted molar refractivity (Wildman–Crippen MR) is 75.2 cm³/mol. The van der Waals surface area contributed by atoms with Crippen molar-refractivity contribution in [1.82, 2.24) is 15.1 Å². The van der Waals surface area contributed by atoms with Crippen LogP contribution in [0.1, 0.15) is 35.5 Å². The van der Waals surface area contributed by atoms with Crippen LogP contribution in [0.5, 0.6) is 0 Å². The number of hydrogen-bond acceptors (Lipinski definition) is 2. The van der Waals surface area contributed by atoms with Crippen LogP contribution in [0.25, 0.3) is 5.69 Å². The molecule has 0 amide bonds. The van der Waals surface area contributed by atoms with Gasteiger partial charge < -0.3 is 5.32 Å². The maximum absolute atomic E-state index is 4.65. The van der Waals surface area contributed by atoms with Crippen molar-refractivity contribution in [3.8, 4) is 5.69 Å². The van der Waals surface area contributed by atoms with Crippen LogP contribution in [-0.2, 0) is 0 Å². The van der Waals surface area contributed by atoms with Gasteiger partial charge in [-0.25, -0.2) is 4.68 Å². The molecule has 0 aliphatic rings. The lowest BCUT2D eigenvalue weighted by molar-refractivity contribution is 0.642. The van der Waals surface area contributed by atoms with Crippen molar-refractivity contribution in [3.63, 3.8) is 0 Å². The van der Waals surface area contributed by atoms with E-state index in [1.54, 1.807) is 0 Å². The molecule has 1 aromatic carbocycles. The minimum Gasteiger partial charge on any atom is -0.313 e. The minimum atomic E-state index is 0.311. The van der Waals surface area contributed by atoms with Gasteiger partial charge in [0.25, 0.3) is 0 Å². The lowest BCUT2D eigenvalue weighted by atomic mass is 10.1. The van der Waals surface area contributed by atoms with E-state index in [-0.39, 0.29) is 0 Å². The highest BCUT2D eigenvalue weighted by molar-refractivity contribution is 5.44. The van der Waals surface area contributed by atoms with Crippen LogP contribution in [0.2, 0.25) is 0 Å². The smallest absolute Gasteiger partial charge is 0.0696 e. The Bertz CT molecular complexity index is 555. The highest BCUT2D eigenvalue weighted by Gasteiger charge is 2.14. The Hall–Kier alpha value is -1.61. The fourth-order valence-electron chi connectivity index (χ4n) is 2.16. The summed E-state index contributed by atoms with van der Waals surface area (Å²) >= 11 is 0. The van der Waals surface area contributed by atoms with Crippen LogP contribution in [0.3, 0.4) is 0 Å². The van der Waals surface area contributed by atoms with Crippen molar-refractivity contribution in [2.24, 2.45) is 0 Å². The molecule has 1 aromatic heterocycles. The Balaban J connectivity index is 2.60. The standard InChI is InChI=1S/C15H21N3/c1-10-11(2)17-18(13(10)4)15-9-7-6-8-14(15)12(3)16-5/h6-9,12,16H,1-5H3. The largest absolute Gasteiger partial charge is 0.313 e. The molecule has 96 valence electrons. The summed E-state index contributed by atoms with van der Waals surface area (Å²) in [7, 11) is 1.98. The number of rotatable bonds is 3. The van der Waals surface area contributed by atoms with Crippen LogP contribution in [0, 0.1) is 20.8 Å². The van der Waals surface area contributed by atoms with Gasteiger partial charge in [-0.2, -0.15) is 5.10 Å². The summed E-state index contributed by atoms with van der Waals surface area (Å²) in [5.41, 5.74) is 6.00. The van der Waals surface area contributed by atoms with Gasteiger partial charge in [-0.1, -0.05) is 18.2 Å². The summed E-state index contributed by atoms with van der Waals surface area (Å²) in [5, 5.41) is 7.94. The summed E-state index contributed by atoms with van der Waals surface area (Å²) in [6.45, 7) is 8.47. The van der Waals surface area contributed by atoms with E-state index < -0.39 is 0 Å². The van der Waals surface area contributed by atoms with Crippen molar-refractivity contribution >= 4 is 0 Å². The molecule has 3 heteroatoms. The third-order valence-electron chi connectivity index (χ3n) is 3.72. The second-order valence-corrected chi connectivity index (χ2v) is 4.78. The Morgan fingerprint density at radius 3 is 2.39 bits per heavy atom. The van der Waals surface area contributed by atoms with Crippen LogP contribution < -0.4 is 5.32 Å². The quantitative estimate of drug-likeness (QED) is 0.897. The van der Waals surface area contributed by atoms with Gasteiger partial charge >= 0.3 is 0 Å². The lowest BCUT2D eigenvalue weighted by Crippen LogP contribution is -2.15. The van der Waals surface area contributed by atoms with Gasteiger partial charge in [0.2, 0.25) is 0 Å². The SMILES string of the molecule is CNC(C)c1ccccc1-n1nc(C)c(C)c1C. The van der Waals surface area contributed by atoms with E-state index in [2.05, 4.69) is 62.4 Å². The fraction of sp³-hybridized carbons (Fsp3) is 0.400. The Kier molecular flexibility index (Phi) is 3.53. The summed E-state index contributed by atoms with van der Waals surface area (Å²) in [6, 6.07) is 8.73. The summed E-state index contributed by atoms with van der Waals surface area (Å²) < 4.78 is 2.05. The van der Waals surface area contributed by atoms with Crippen LogP contribution in [0.15, 0.2) is 24.3 Å². The summed E-state index contributed by atoms with van der Waals surface area (Å²) in [5.74, 6) is 0. The Morgan fingerprint density at radius 2 is 1.83 bits per heavy atom. The van der Waals surface area contributed by atoms with E-state index >= 15 is 0 Å². The van der Waals surface area contributed by atoms with Gasteiger partial charge in [0.05, 0.1) is 11.4 Å². The van der Waals surface area contributed by atoms with Crippen molar-refractivity contribution in [3.05, 3.63) is 46.8 Å². The second-order valence-electron chi connectivity index (χ2n) is 4.78. The number of nitrogens with one attached hydrogen (secondary N) is 1. The first-order valence-electron chi connectivity index (χ1n) is 6.35. The molecule has 0 saturated heterocycles. The molecule has 3 nitrogen and oxygen atoms in total. The maximum atomic E-state index is 4.65. The van der Waals surface area contributed by atoms with Gasteiger partial charge in [0.15, 0.2) is 0 Å². The zero-order valence-corrected chi connectivity index (χ0v) is 11.8. The van der Waals surface area contributed by atoms with Gasteiger partial charge in [0, 0.05) is 11.7 Å². The molecule has 0 aliphatic heterocycles. The van der Waals surface area contributed by atoms with Gasteiger partial charge in [-0.3, -0.25) is 0 Å². The van der Waals surface area contributed by atoms with Gasteiger partial charge in [0.1, 0.15) is 0 Å². The molecule has 0 saturated carbocycles. The molecule has 18 heavy (non-hydrogen) atoms. The highest BCUT2D eigenvalue weighted by atomic mass is 15.3. The monoisotopic (exact) mass is 243 g/mol. The van der Waals surface area contributed by atoms with Gasteiger partial charge in [-0.05, 0) is 51.9 Å². The fourth-order valence-corrected chi connectivity index (χ4v) is 2.16. The maximum Gasteiger partial charge on any atom is 0.0696 e. The van der Waals surface area contributed by atoms with Crippen LogP contribution in [-0.4, -0.2) is 16.8 Å². The van der Waals surface area contributed by atoms with E-state index in [1.165, 1.54) is 16.8 Å². The third-order valence-corrected chi connectivity index (χ3v) is 3.72. The molecule has 1 atom stereocenters. The molecule has 0 spiro atoms. The van der Waals surface area contributed by atoms with E-state index in [4.69, 9.17) is 0 Å². The molecule has 1 N–H and O–H groups in total. The summed E-state index contributed by atoms with van der Waals surface area (Å²) in [4.78, 5) is 0. The first-order chi connectivity index (χ1) is 8.56. The average Bonchev–Trinajstić information content (AvgIpc) is 2.65. The number of para-hydroxylation sites is 1. The average molecular weight is 243 g/mol. The lowest BCUT2D eigenvalue weighted by Gasteiger charge is -2.16. The first kappa shape index (κ1) is 12.8. The third kappa shape index (κ3) is 2.06. The van der Waals surface area contributed by atoms with Gasteiger partial charge in [-0.15, -0.1) is 0 Å².